The average molecular weight is 249 g/mol. The molecule has 1 atom stereocenters. The van der Waals surface area contributed by atoms with Gasteiger partial charge in [-0.1, -0.05) is 37.3 Å². The Morgan fingerprint density at radius 3 is 2.50 bits per heavy atom. The third-order valence-corrected chi connectivity index (χ3v) is 3.27. The molecular formula is C16H27NO. The Morgan fingerprint density at radius 2 is 1.78 bits per heavy atom. The van der Waals surface area contributed by atoms with E-state index in [1.165, 1.54) is 31.2 Å². The van der Waals surface area contributed by atoms with Crippen molar-refractivity contribution in [2.24, 2.45) is 5.92 Å². The number of aliphatic hydroxyl groups is 1. The molecule has 1 rings (SSSR count). The van der Waals surface area contributed by atoms with Gasteiger partial charge in [0.05, 0.1) is 0 Å². The lowest BCUT2D eigenvalue weighted by molar-refractivity contribution is 0.228. The van der Waals surface area contributed by atoms with E-state index in [1.807, 2.05) is 0 Å². The van der Waals surface area contributed by atoms with E-state index >= 15 is 0 Å². The zero-order chi connectivity index (χ0) is 13.1. The smallest absolute Gasteiger partial charge is 0.0456 e. The number of hydrogen-bond donors (Lipinski definition) is 2. The second kappa shape index (κ2) is 10.1. The van der Waals surface area contributed by atoms with Crippen LogP contribution in [0.15, 0.2) is 30.3 Å². The minimum atomic E-state index is 0.317. The first-order valence-corrected chi connectivity index (χ1v) is 7.18. The van der Waals surface area contributed by atoms with Gasteiger partial charge in [0.25, 0.3) is 0 Å². The SMILES string of the molecule is CC(CO)CCCNCCCCc1ccccc1. The molecule has 0 saturated heterocycles. The summed E-state index contributed by atoms with van der Waals surface area (Å²) >= 11 is 0. The van der Waals surface area contributed by atoms with Gasteiger partial charge >= 0.3 is 0 Å². The average Bonchev–Trinajstić information content (AvgIpc) is 2.42. The van der Waals surface area contributed by atoms with E-state index in [-0.39, 0.29) is 0 Å². The normalized spacial score (nSPS) is 12.6. The van der Waals surface area contributed by atoms with Crippen LogP contribution in [0.25, 0.3) is 0 Å². The Kier molecular flexibility index (Phi) is 8.53. The molecule has 0 saturated carbocycles. The minimum absolute atomic E-state index is 0.317. The van der Waals surface area contributed by atoms with Crippen molar-refractivity contribution in [3.8, 4) is 0 Å². The van der Waals surface area contributed by atoms with E-state index in [2.05, 4.69) is 42.6 Å². The number of aliphatic hydroxyl groups excluding tert-OH is 1. The Hall–Kier alpha value is -0.860. The summed E-state index contributed by atoms with van der Waals surface area (Å²) in [6, 6.07) is 10.7. The third-order valence-electron chi connectivity index (χ3n) is 3.27. The maximum Gasteiger partial charge on any atom is 0.0456 e. The molecule has 0 fully saturated rings. The van der Waals surface area contributed by atoms with E-state index in [0.29, 0.717) is 12.5 Å². The van der Waals surface area contributed by atoms with E-state index in [1.54, 1.807) is 0 Å². The first-order chi connectivity index (χ1) is 8.83. The summed E-state index contributed by atoms with van der Waals surface area (Å²) in [5, 5.41) is 12.4. The van der Waals surface area contributed by atoms with Gasteiger partial charge in [-0.2, -0.15) is 0 Å². The molecule has 0 amide bonds. The second-order valence-electron chi connectivity index (χ2n) is 5.12. The highest BCUT2D eigenvalue weighted by atomic mass is 16.3. The van der Waals surface area contributed by atoms with Gasteiger partial charge in [0, 0.05) is 6.61 Å². The quantitative estimate of drug-likeness (QED) is 0.625. The molecule has 18 heavy (non-hydrogen) atoms. The summed E-state index contributed by atoms with van der Waals surface area (Å²) in [5.74, 6) is 0.449. The van der Waals surface area contributed by atoms with Crippen LogP contribution in [-0.4, -0.2) is 24.8 Å². The topological polar surface area (TPSA) is 32.3 Å². The van der Waals surface area contributed by atoms with Crippen LogP contribution < -0.4 is 5.32 Å². The van der Waals surface area contributed by atoms with Gasteiger partial charge in [-0.25, -0.2) is 0 Å². The fourth-order valence-corrected chi connectivity index (χ4v) is 2.02. The van der Waals surface area contributed by atoms with Crippen molar-refractivity contribution in [2.75, 3.05) is 19.7 Å². The summed E-state index contributed by atoms with van der Waals surface area (Å²) < 4.78 is 0. The number of unbranched alkanes of at least 4 members (excludes halogenated alkanes) is 1. The van der Waals surface area contributed by atoms with Crippen LogP contribution in [0.2, 0.25) is 0 Å². The predicted molar refractivity (Wildman–Crippen MR) is 77.7 cm³/mol. The first kappa shape index (κ1) is 15.2. The van der Waals surface area contributed by atoms with Gasteiger partial charge in [-0.15, -0.1) is 0 Å². The number of rotatable bonds is 10. The first-order valence-electron chi connectivity index (χ1n) is 7.18. The summed E-state index contributed by atoms with van der Waals surface area (Å²) in [4.78, 5) is 0. The van der Waals surface area contributed by atoms with Gasteiger partial charge in [-0.05, 0) is 56.7 Å². The molecule has 0 heterocycles. The Morgan fingerprint density at radius 1 is 1.06 bits per heavy atom. The van der Waals surface area contributed by atoms with Crippen molar-refractivity contribution in [3.63, 3.8) is 0 Å². The Balaban J connectivity index is 1.87. The van der Waals surface area contributed by atoms with E-state index < -0.39 is 0 Å². The van der Waals surface area contributed by atoms with Crippen LogP contribution in [0.5, 0.6) is 0 Å². The molecule has 1 aromatic carbocycles. The highest BCUT2D eigenvalue weighted by molar-refractivity contribution is 5.14. The number of nitrogens with one attached hydrogen (secondary N) is 1. The summed E-state index contributed by atoms with van der Waals surface area (Å²) in [7, 11) is 0. The molecule has 2 N–H and O–H groups in total. The molecule has 0 aromatic heterocycles. The molecule has 0 aliphatic heterocycles. The Labute approximate surface area is 111 Å². The van der Waals surface area contributed by atoms with E-state index in [9.17, 15) is 0 Å². The highest BCUT2D eigenvalue weighted by Crippen LogP contribution is 2.04. The molecule has 0 aliphatic carbocycles. The fourth-order valence-electron chi connectivity index (χ4n) is 2.02. The molecule has 0 spiro atoms. The van der Waals surface area contributed by atoms with Gasteiger partial charge in [0.2, 0.25) is 0 Å². The predicted octanol–water partition coefficient (Wildman–Crippen LogP) is 3.01. The van der Waals surface area contributed by atoms with Gasteiger partial charge < -0.3 is 10.4 Å². The zero-order valence-electron chi connectivity index (χ0n) is 11.6. The molecule has 0 aliphatic rings. The molecule has 2 heteroatoms. The zero-order valence-corrected chi connectivity index (χ0v) is 11.6. The number of benzene rings is 1. The third kappa shape index (κ3) is 7.46. The van der Waals surface area contributed by atoms with E-state index in [0.717, 1.165) is 19.5 Å². The molecule has 1 unspecified atom stereocenters. The van der Waals surface area contributed by atoms with Crippen LogP contribution in [0, 0.1) is 5.92 Å². The van der Waals surface area contributed by atoms with Crippen molar-refractivity contribution in [1.29, 1.82) is 0 Å². The molecule has 0 radical (unpaired) electrons. The molecule has 1 aromatic rings. The standard InChI is InChI=1S/C16H27NO/c1-15(14-18)8-7-13-17-12-6-5-11-16-9-3-2-4-10-16/h2-4,9-10,15,17-18H,5-8,11-14H2,1H3. The molecular weight excluding hydrogens is 222 g/mol. The highest BCUT2D eigenvalue weighted by Gasteiger charge is 1.98. The van der Waals surface area contributed by atoms with Crippen molar-refractivity contribution in [2.45, 2.75) is 39.0 Å². The fraction of sp³-hybridized carbons (Fsp3) is 0.625. The Bertz CT molecular complexity index is 286. The molecule has 102 valence electrons. The maximum absolute atomic E-state index is 8.90. The van der Waals surface area contributed by atoms with Crippen LogP contribution >= 0.6 is 0 Å². The van der Waals surface area contributed by atoms with Crippen molar-refractivity contribution in [1.82, 2.24) is 5.32 Å². The summed E-state index contributed by atoms with van der Waals surface area (Å²) in [5.41, 5.74) is 1.44. The lowest BCUT2D eigenvalue weighted by atomic mass is 10.1. The van der Waals surface area contributed by atoms with Gasteiger partial charge in [-0.3, -0.25) is 0 Å². The summed E-state index contributed by atoms with van der Waals surface area (Å²) in [6.45, 7) is 4.60. The lowest BCUT2D eigenvalue weighted by Gasteiger charge is -2.08. The lowest BCUT2D eigenvalue weighted by Crippen LogP contribution is -2.17. The van der Waals surface area contributed by atoms with Crippen LogP contribution in [0.1, 0.15) is 38.2 Å². The van der Waals surface area contributed by atoms with Crippen molar-refractivity contribution >= 4 is 0 Å². The van der Waals surface area contributed by atoms with Gasteiger partial charge in [0.15, 0.2) is 0 Å². The summed E-state index contributed by atoms with van der Waals surface area (Å²) in [6.07, 6.45) is 5.96. The van der Waals surface area contributed by atoms with Crippen LogP contribution in [0.4, 0.5) is 0 Å². The van der Waals surface area contributed by atoms with Crippen LogP contribution in [0.3, 0.4) is 0 Å². The maximum atomic E-state index is 8.90. The van der Waals surface area contributed by atoms with Crippen molar-refractivity contribution in [3.05, 3.63) is 35.9 Å². The minimum Gasteiger partial charge on any atom is -0.396 e. The molecule has 0 bridgehead atoms. The number of aryl methyl sites for hydroxylation is 1. The van der Waals surface area contributed by atoms with Crippen LogP contribution in [-0.2, 0) is 6.42 Å². The van der Waals surface area contributed by atoms with E-state index in [4.69, 9.17) is 5.11 Å². The largest absolute Gasteiger partial charge is 0.396 e. The van der Waals surface area contributed by atoms with Gasteiger partial charge in [0.1, 0.15) is 0 Å². The second-order valence-corrected chi connectivity index (χ2v) is 5.12. The molecule has 2 nitrogen and oxygen atoms in total. The van der Waals surface area contributed by atoms with Crippen molar-refractivity contribution < 1.29 is 5.11 Å². The number of hydrogen-bond acceptors (Lipinski definition) is 2. The monoisotopic (exact) mass is 249 g/mol.